The number of thiophene rings is 1. The molecule has 1 aliphatic carbocycles. The van der Waals surface area contributed by atoms with Crippen LogP contribution in [0.4, 0.5) is 0 Å². The van der Waals surface area contributed by atoms with Crippen LogP contribution < -0.4 is 10.5 Å². The zero-order valence-electron chi connectivity index (χ0n) is 17.6. The third kappa shape index (κ3) is 6.18. The van der Waals surface area contributed by atoms with Crippen LogP contribution in [0, 0.1) is 11.8 Å². The van der Waals surface area contributed by atoms with Crippen LogP contribution >= 0.6 is 11.3 Å². The summed E-state index contributed by atoms with van der Waals surface area (Å²) in [6.07, 6.45) is 5.21. The molecule has 158 valence electrons. The van der Waals surface area contributed by atoms with Gasteiger partial charge in [-0.15, -0.1) is 11.3 Å². The molecular weight excluding hydrogens is 388 g/mol. The number of rotatable bonds is 9. The van der Waals surface area contributed by atoms with Gasteiger partial charge in [-0.2, -0.15) is 0 Å². The summed E-state index contributed by atoms with van der Waals surface area (Å²) in [6.45, 7) is 4.01. The molecule has 4 rings (SSSR count). The Labute approximate surface area is 184 Å². The van der Waals surface area contributed by atoms with E-state index in [-0.39, 0.29) is 0 Å². The minimum Gasteiger partial charge on any atom is -0.457 e. The minimum atomic E-state index is 0.740. The van der Waals surface area contributed by atoms with Crippen molar-refractivity contribution in [3.63, 3.8) is 0 Å². The van der Waals surface area contributed by atoms with Crippen LogP contribution in [-0.4, -0.2) is 18.0 Å². The molecule has 0 aliphatic heterocycles. The van der Waals surface area contributed by atoms with Crippen LogP contribution in [0.5, 0.6) is 11.5 Å². The second kappa shape index (κ2) is 10.8. The van der Waals surface area contributed by atoms with E-state index in [0.717, 1.165) is 49.5 Å². The molecule has 1 fully saturated rings. The first kappa shape index (κ1) is 21.1. The monoisotopic (exact) mass is 420 g/mol. The minimum absolute atomic E-state index is 0.740. The van der Waals surface area contributed by atoms with Gasteiger partial charge in [0.25, 0.3) is 0 Å². The number of nitrogens with zero attached hydrogens (tertiary/aromatic N) is 1. The fourth-order valence-corrected chi connectivity index (χ4v) is 5.11. The van der Waals surface area contributed by atoms with Gasteiger partial charge in [-0.3, -0.25) is 4.90 Å². The lowest BCUT2D eigenvalue weighted by atomic mass is 9.82. The number of para-hydroxylation sites is 1. The van der Waals surface area contributed by atoms with Gasteiger partial charge in [0.15, 0.2) is 0 Å². The normalized spacial score (nSPS) is 19.1. The maximum atomic E-state index is 5.94. The van der Waals surface area contributed by atoms with Gasteiger partial charge in [-0.1, -0.05) is 36.4 Å². The van der Waals surface area contributed by atoms with Crippen molar-refractivity contribution in [1.82, 2.24) is 4.90 Å². The molecule has 30 heavy (non-hydrogen) atoms. The van der Waals surface area contributed by atoms with Gasteiger partial charge in [-0.25, -0.2) is 0 Å². The number of nitrogens with two attached hydrogens (primary N) is 1. The molecule has 3 aromatic rings. The van der Waals surface area contributed by atoms with Crippen molar-refractivity contribution in [2.45, 2.75) is 38.8 Å². The van der Waals surface area contributed by atoms with Gasteiger partial charge in [-0.05, 0) is 85.3 Å². The zero-order valence-corrected chi connectivity index (χ0v) is 18.4. The molecule has 1 saturated carbocycles. The molecule has 1 heterocycles. The molecule has 0 spiro atoms. The Morgan fingerprint density at radius 2 is 1.50 bits per heavy atom. The third-order valence-corrected chi connectivity index (χ3v) is 6.95. The summed E-state index contributed by atoms with van der Waals surface area (Å²) < 4.78 is 5.94. The average Bonchev–Trinajstić information content (AvgIpc) is 3.29. The summed E-state index contributed by atoms with van der Waals surface area (Å²) in [5.41, 5.74) is 7.22. The van der Waals surface area contributed by atoms with Gasteiger partial charge < -0.3 is 10.5 Å². The smallest absolute Gasteiger partial charge is 0.127 e. The fraction of sp³-hybridized carbons (Fsp3) is 0.385. The molecule has 1 aromatic heterocycles. The molecule has 3 nitrogen and oxygen atoms in total. The Balaban J connectivity index is 1.38. The SMILES string of the molecule is NCC1CCC(CN(Cc2ccc(Oc3ccccc3)cc2)Cc2cccs2)CC1. The van der Waals surface area contributed by atoms with E-state index in [0.29, 0.717) is 0 Å². The maximum absolute atomic E-state index is 5.94. The third-order valence-electron chi connectivity index (χ3n) is 6.08. The molecule has 0 amide bonds. The lowest BCUT2D eigenvalue weighted by Crippen LogP contribution is -2.32. The van der Waals surface area contributed by atoms with Crippen LogP contribution in [0.1, 0.15) is 36.1 Å². The zero-order chi connectivity index (χ0) is 20.6. The van der Waals surface area contributed by atoms with Crippen molar-refractivity contribution in [3.8, 4) is 11.5 Å². The van der Waals surface area contributed by atoms with E-state index >= 15 is 0 Å². The summed E-state index contributed by atoms with van der Waals surface area (Å²) >= 11 is 1.85. The number of hydrogen-bond acceptors (Lipinski definition) is 4. The van der Waals surface area contributed by atoms with Crippen molar-refractivity contribution >= 4 is 11.3 Å². The first-order valence-corrected chi connectivity index (χ1v) is 11.9. The van der Waals surface area contributed by atoms with E-state index < -0.39 is 0 Å². The first-order valence-electron chi connectivity index (χ1n) is 11.0. The molecule has 0 unspecified atom stereocenters. The van der Waals surface area contributed by atoms with Crippen molar-refractivity contribution in [2.75, 3.05) is 13.1 Å². The van der Waals surface area contributed by atoms with E-state index in [2.05, 4.69) is 46.7 Å². The average molecular weight is 421 g/mol. The largest absolute Gasteiger partial charge is 0.457 e. The molecule has 0 bridgehead atoms. The molecule has 2 aromatic carbocycles. The van der Waals surface area contributed by atoms with Crippen molar-refractivity contribution < 1.29 is 4.74 Å². The van der Waals surface area contributed by atoms with Crippen LogP contribution in [0.2, 0.25) is 0 Å². The highest BCUT2D eigenvalue weighted by Gasteiger charge is 2.22. The van der Waals surface area contributed by atoms with E-state index in [9.17, 15) is 0 Å². The summed E-state index contributed by atoms with van der Waals surface area (Å²) in [5.74, 6) is 3.28. The van der Waals surface area contributed by atoms with Crippen molar-refractivity contribution in [3.05, 3.63) is 82.6 Å². The van der Waals surface area contributed by atoms with Crippen LogP contribution in [0.3, 0.4) is 0 Å². The van der Waals surface area contributed by atoms with Gasteiger partial charge >= 0.3 is 0 Å². The highest BCUT2D eigenvalue weighted by atomic mass is 32.1. The Kier molecular flexibility index (Phi) is 7.57. The van der Waals surface area contributed by atoms with Crippen LogP contribution in [0.15, 0.2) is 72.1 Å². The standard InChI is InChI=1S/C26H32N2OS/c27-17-21-8-10-22(11-9-21)18-28(20-26-7-4-16-30-26)19-23-12-14-25(15-13-23)29-24-5-2-1-3-6-24/h1-7,12-16,21-22H,8-11,17-20,27H2. The molecular formula is C26H32N2OS. The first-order chi connectivity index (χ1) is 14.8. The molecule has 0 radical (unpaired) electrons. The van der Waals surface area contributed by atoms with Gasteiger partial charge in [0.2, 0.25) is 0 Å². The Morgan fingerprint density at radius 1 is 0.800 bits per heavy atom. The van der Waals surface area contributed by atoms with E-state index in [1.54, 1.807) is 0 Å². The quantitative estimate of drug-likeness (QED) is 0.441. The highest BCUT2D eigenvalue weighted by Crippen LogP contribution is 2.30. The van der Waals surface area contributed by atoms with Gasteiger partial charge in [0.1, 0.15) is 11.5 Å². The topological polar surface area (TPSA) is 38.5 Å². The van der Waals surface area contributed by atoms with Gasteiger partial charge in [0.05, 0.1) is 0 Å². The summed E-state index contributed by atoms with van der Waals surface area (Å²) in [5, 5.41) is 2.18. The van der Waals surface area contributed by atoms with E-state index in [1.807, 2.05) is 41.7 Å². The Bertz CT molecular complexity index is 856. The molecule has 0 saturated heterocycles. The fourth-order valence-electron chi connectivity index (χ4n) is 4.37. The van der Waals surface area contributed by atoms with Crippen LogP contribution in [-0.2, 0) is 13.1 Å². The summed E-state index contributed by atoms with van der Waals surface area (Å²) in [6, 6.07) is 22.9. The maximum Gasteiger partial charge on any atom is 0.127 e. The van der Waals surface area contributed by atoms with E-state index in [1.165, 1.54) is 36.1 Å². The molecule has 4 heteroatoms. The van der Waals surface area contributed by atoms with Crippen molar-refractivity contribution in [2.24, 2.45) is 17.6 Å². The Hall–Kier alpha value is -2.14. The Morgan fingerprint density at radius 3 is 2.17 bits per heavy atom. The van der Waals surface area contributed by atoms with Crippen LogP contribution in [0.25, 0.3) is 0 Å². The molecule has 1 aliphatic rings. The lowest BCUT2D eigenvalue weighted by molar-refractivity contribution is 0.171. The van der Waals surface area contributed by atoms with Gasteiger partial charge in [0, 0.05) is 24.5 Å². The molecule has 2 N–H and O–H groups in total. The second-order valence-corrected chi connectivity index (χ2v) is 9.46. The highest BCUT2D eigenvalue weighted by molar-refractivity contribution is 7.09. The number of benzene rings is 2. The van der Waals surface area contributed by atoms with E-state index in [4.69, 9.17) is 10.5 Å². The molecule has 0 atom stereocenters. The number of ether oxygens (including phenoxy) is 1. The van der Waals surface area contributed by atoms with Crippen molar-refractivity contribution in [1.29, 1.82) is 0 Å². The predicted octanol–water partition coefficient (Wildman–Crippen LogP) is 6.31. The second-order valence-electron chi connectivity index (χ2n) is 8.43. The predicted molar refractivity (Wildman–Crippen MR) is 126 cm³/mol. The summed E-state index contributed by atoms with van der Waals surface area (Å²) in [7, 11) is 0. The summed E-state index contributed by atoms with van der Waals surface area (Å²) in [4.78, 5) is 4.06. The lowest BCUT2D eigenvalue weighted by Gasteiger charge is -2.32. The number of hydrogen-bond donors (Lipinski definition) is 1.